The van der Waals surface area contributed by atoms with E-state index in [1.807, 2.05) is 6.07 Å². The highest BCUT2D eigenvalue weighted by molar-refractivity contribution is 6.41. The van der Waals surface area contributed by atoms with Gasteiger partial charge in [-0.05, 0) is 30.5 Å². The van der Waals surface area contributed by atoms with Crippen molar-refractivity contribution in [2.24, 2.45) is 0 Å². The number of rotatable bonds is 3. The molecule has 1 fully saturated rings. The van der Waals surface area contributed by atoms with Crippen LogP contribution in [0, 0.1) is 5.82 Å². The Morgan fingerprint density at radius 2 is 2.18 bits per heavy atom. The molecular weight excluding hydrogens is 328 g/mol. The first-order chi connectivity index (χ1) is 10.6. The van der Waals surface area contributed by atoms with Gasteiger partial charge in [-0.3, -0.25) is 9.69 Å². The van der Waals surface area contributed by atoms with E-state index in [1.54, 1.807) is 6.07 Å². The van der Waals surface area contributed by atoms with Gasteiger partial charge in [0.05, 0.1) is 17.9 Å². The molecule has 1 aromatic heterocycles. The van der Waals surface area contributed by atoms with Gasteiger partial charge >= 0.3 is 0 Å². The molecule has 1 aromatic carbocycles. The van der Waals surface area contributed by atoms with Crippen molar-refractivity contribution in [1.82, 2.24) is 14.7 Å². The molecule has 116 valence electrons. The minimum absolute atomic E-state index is 0.0295. The Balaban J connectivity index is 1.86. The molecule has 0 saturated carbocycles. The standard InChI is InChI=1S/C15H14Cl2FN3O/c16-12-8-19-21(15(22)14(12)17)9-20-6-2-5-13(20)10-3-1-4-11(18)7-10/h1,3-4,7-8,13H,2,5-6,9H2/t13-/m1/s1. The fourth-order valence-electron chi connectivity index (χ4n) is 2.80. The molecule has 0 radical (unpaired) electrons. The third-order valence-electron chi connectivity index (χ3n) is 3.86. The van der Waals surface area contributed by atoms with Crippen molar-refractivity contribution >= 4 is 23.2 Å². The Labute approximate surface area is 137 Å². The normalized spacial score (nSPS) is 18.8. The monoisotopic (exact) mass is 341 g/mol. The molecule has 0 amide bonds. The van der Waals surface area contributed by atoms with Gasteiger partial charge in [-0.2, -0.15) is 5.10 Å². The van der Waals surface area contributed by atoms with Crippen LogP contribution < -0.4 is 5.56 Å². The van der Waals surface area contributed by atoms with Crippen LogP contribution in [-0.2, 0) is 6.67 Å². The van der Waals surface area contributed by atoms with Crippen LogP contribution in [0.1, 0.15) is 24.4 Å². The van der Waals surface area contributed by atoms with Crippen molar-refractivity contribution in [1.29, 1.82) is 0 Å². The predicted molar refractivity (Wildman–Crippen MR) is 83.6 cm³/mol. The van der Waals surface area contributed by atoms with Crippen LogP contribution in [0.2, 0.25) is 10.0 Å². The van der Waals surface area contributed by atoms with Crippen molar-refractivity contribution in [2.45, 2.75) is 25.6 Å². The third kappa shape index (κ3) is 3.02. The van der Waals surface area contributed by atoms with Crippen LogP contribution in [0.5, 0.6) is 0 Å². The predicted octanol–water partition coefficient (Wildman–Crippen LogP) is 3.48. The maximum absolute atomic E-state index is 13.4. The fourth-order valence-corrected chi connectivity index (χ4v) is 3.08. The summed E-state index contributed by atoms with van der Waals surface area (Å²) in [7, 11) is 0. The summed E-state index contributed by atoms with van der Waals surface area (Å²) in [5, 5.41) is 4.13. The van der Waals surface area contributed by atoms with Crippen molar-refractivity contribution in [2.75, 3.05) is 6.54 Å². The van der Waals surface area contributed by atoms with Crippen molar-refractivity contribution in [3.8, 4) is 0 Å². The molecule has 1 aliphatic heterocycles. The minimum Gasteiger partial charge on any atom is -0.277 e. The van der Waals surface area contributed by atoms with Crippen LogP contribution >= 0.6 is 23.2 Å². The summed E-state index contributed by atoms with van der Waals surface area (Å²) in [4.78, 5) is 14.2. The summed E-state index contributed by atoms with van der Waals surface area (Å²) in [6.45, 7) is 1.12. The Bertz CT molecular complexity index is 750. The molecule has 4 nitrogen and oxygen atoms in total. The van der Waals surface area contributed by atoms with E-state index in [-0.39, 0.29) is 21.9 Å². The molecule has 3 rings (SSSR count). The number of likely N-dealkylation sites (tertiary alicyclic amines) is 1. The molecule has 2 aromatic rings. The lowest BCUT2D eigenvalue weighted by molar-refractivity contribution is 0.186. The molecule has 0 aliphatic carbocycles. The number of nitrogens with zero attached hydrogens (tertiary/aromatic N) is 3. The Kier molecular flexibility index (Phi) is 4.47. The molecule has 0 N–H and O–H groups in total. The Morgan fingerprint density at radius 3 is 2.95 bits per heavy atom. The maximum atomic E-state index is 13.4. The summed E-state index contributed by atoms with van der Waals surface area (Å²) >= 11 is 11.7. The molecule has 1 aliphatic rings. The van der Waals surface area contributed by atoms with E-state index in [1.165, 1.54) is 23.0 Å². The van der Waals surface area contributed by atoms with Crippen LogP contribution in [0.3, 0.4) is 0 Å². The highest BCUT2D eigenvalue weighted by atomic mass is 35.5. The highest BCUT2D eigenvalue weighted by Gasteiger charge is 2.27. The first-order valence-corrected chi connectivity index (χ1v) is 7.72. The van der Waals surface area contributed by atoms with Crippen LogP contribution in [0.4, 0.5) is 4.39 Å². The zero-order valence-electron chi connectivity index (χ0n) is 11.7. The lowest BCUT2D eigenvalue weighted by Crippen LogP contribution is -2.33. The molecular formula is C15H14Cl2FN3O. The average Bonchev–Trinajstić information content (AvgIpc) is 2.96. The number of hydrogen-bond donors (Lipinski definition) is 0. The number of benzene rings is 1. The molecule has 1 saturated heterocycles. The van der Waals surface area contributed by atoms with Gasteiger partial charge in [0.25, 0.3) is 5.56 Å². The highest BCUT2D eigenvalue weighted by Crippen LogP contribution is 2.32. The van der Waals surface area contributed by atoms with Crippen molar-refractivity contribution in [3.63, 3.8) is 0 Å². The van der Waals surface area contributed by atoms with E-state index in [2.05, 4.69) is 10.00 Å². The molecule has 22 heavy (non-hydrogen) atoms. The summed E-state index contributed by atoms with van der Waals surface area (Å²) in [5.41, 5.74) is 0.490. The number of hydrogen-bond acceptors (Lipinski definition) is 3. The van der Waals surface area contributed by atoms with Crippen molar-refractivity contribution in [3.05, 3.63) is 62.2 Å². The average molecular weight is 342 g/mol. The van der Waals surface area contributed by atoms with Crippen LogP contribution in [-0.4, -0.2) is 21.2 Å². The van der Waals surface area contributed by atoms with Gasteiger partial charge in [0.15, 0.2) is 0 Å². The molecule has 0 bridgehead atoms. The van der Waals surface area contributed by atoms with Crippen LogP contribution in [0.15, 0.2) is 35.3 Å². The minimum atomic E-state index is -0.418. The molecule has 0 spiro atoms. The van der Waals surface area contributed by atoms with E-state index < -0.39 is 5.56 Å². The summed E-state index contributed by atoms with van der Waals surface area (Å²) in [6, 6.07) is 6.63. The Hall–Kier alpha value is -1.43. The van der Waals surface area contributed by atoms with E-state index in [0.29, 0.717) is 6.67 Å². The summed E-state index contributed by atoms with van der Waals surface area (Å²) in [5.74, 6) is -0.255. The first kappa shape index (κ1) is 15.5. The van der Waals surface area contributed by atoms with Gasteiger partial charge in [-0.1, -0.05) is 35.3 Å². The van der Waals surface area contributed by atoms with Crippen molar-refractivity contribution < 1.29 is 4.39 Å². The summed E-state index contributed by atoms with van der Waals surface area (Å²) in [6.07, 6.45) is 3.26. The van der Waals surface area contributed by atoms with E-state index in [4.69, 9.17) is 23.2 Å². The van der Waals surface area contributed by atoms with Crippen LogP contribution in [0.25, 0.3) is 0 Å². The Morgan fingerprint density at radius 1 is 1.36 bits per heavy atom. The second-order valence-electron chi connectivity index (χ2n) is 5.28. The second-order valence-corrected chi connectivity index (χ2v) is 6.06. The van der Waals surface area contributed by atoms with E-state index >= 15 is 0 Å². The van der Waals surface area contributed by atoms with Gasteiger partial charge < -0.3 is 0 Å². The lowest BCUT2D eigenvalue weighted by Gasteiger charge is -2.25. The lowest BCUT2D eigenvalue weighted by atomic mass is 10.0. The van der Waals surface area contributed by atoms with Gasteiger partial charge in [0.2, 0.25) is 0 Å². The molecule has 0 unspecified atom stereocenters. The SMILES string of the molecule is O=c1c(Cl)c(Cl)cnn1CN1CCC[C@@H]1c1cccc(F)c1. The quantitative estimate of drug-likeness (QED) is 0.857. The zero-order valence-corrected chi connectivity index (χ0v) is 13.2. The van der Waals surface area contributed by atoms with Gasteiger partial charge in [-0.15, -0.1) is 0 Å². The smallest absolute Gasteiger partial charge is 0.277 e. The topological polar surface area (TPSA) is 38.1 Å². The van der Waals surface area contributed by atoms with Gasteiger partial charge in [0.1, 0.15) is 10.8 Å². The van der Waals surface area contributed by atoms with Gasteiger partial charge in [0, 0.05) is 12.6 Å². The third-order valence-corrected chi connectivity index (χ3v) is 4.60. The largest absolute Gasteiger partial charge is 0.288 e. The fraction of sp³-hybridized carbons (Fsp3) is 0.333. The first-order valence-electron chi connectivity index (χ1n) is 6.97. The molecule has 7 heteroatoms. The molecule has 1 atom stereocenters. The maximum Gasteiger partial charge on any atom is 0.288 e. The number of halogens is 3. The van der Waals surface area contributed by atoms with E-state index in [0.717, 1.165) is 24.9 Å². The summed E-state index contributed by atoms with van der Waals surface area (Å²) < 4.78 is 14.7. The zero-order chi connectivity index (χ0) is 15.7. The number of aromatic nitrogens is 2. The second kappa shape index (κ2) is 6.36. The van der Waals surface area contributed by atoms with E-state index in [9.17, 15) is 9.18 Å². The van der Waals surface area contributed by atoms with Gasteiger partial charge in [-0.25, -0.2) is 9.07 Å². The molecule has 2 heterocycles.